The van der Waals surface area contributed by atoms with Gasteiger partial charge in [0.25, 0.3) is 0 Å². The van der Waals surface area contributed by atoms with Crippen LogP contribution in [-0.2, 0) is 9.47 Å². The van der Waals surface area contributed by atoms with Gasteiger partial charge >= 0.3 is 12.3 Å². The highest BCUT2D eigenvalue weighted by atomic mass is 35.5. The number of rotatable bonds is 6. The zero-order chi connectivity index (χ0) is 18.2. The zero-order valence-electron chi connectivity index (χ0n) is 14.0. The number of carbonyl (C=O) groups is 2. The molecule has 0 fully saturated rings. The normalized spacial score (nSPS) is 10.4. The molecular weight excluding hydrogens is 348 g/mol. The predicted molar refractivity (Wildman–Crippen MR) is 93.5 cm³/mol. The lowest BCUT2D eigenvalue weighted by molar-refractivity contribution is 0.0977. The van der Waals surface area contributed by atoms with Crippen molar-refractivity contribution in [3.05, 3.63) is 35.4 Å². The molecule has 0 unspecified atom stereocenters. The third kappa shape index (κ3) is 5.00. The lowest BCUT2D eigenvalue weighted by Crippen LogP contribution is -2.13. The van der Waals surface area contributed by atoms with E-state index < -0.39 is 12.3 Å². The Morgan fingerprint density at radius 1 is 0.920 bits per heavy atom. The number of halogens is 1. The number of carbonyl (C=O) groups excluding carboxylic acids is 2. The number of benzene rings is 2. The van der Waals surface area contributed by atoms with Gasteiger partial charge in [-0.15, -0.1) is 0 Å². The Morgan fingerprint density at radius 3 is 2.08 bits per heavy atom. The van der Waals surface area contributed by atoms with Crippen LogP contribution in [0.15, 0.2) is 30.3 Å². The molecule has 0 heterocycles. The van der Waals surface area contributed by atoms with Crippen LogP contribution in [0.4, 0.5) is 9.59 Å². The quantitative estimate of drug-likeness (QED) is 0.507. The maximum absolute atomic E-state index is 11.7. The minimum atomic E-state index is -0.843. The Morgan fingerprint density at radius 2 is 1.48 bits per heavy atom. The van der Waals surface area contributed by atoms with E-state index in [-0.39, 0.29) is 29.7 Å². The van der Waals surface area contributed by atoms with E-state index in [2.05, 4.69) is 0 Å². The van der Waals surface area contributed by atoms with Crippen LogP contribution >= 0.6 is 11.6 Å². The summed E-state index contributed by atoms with van der Waals surface area (Å²) < 4.78 is 20.3. The van der Waals surface area contributed by atoms with Crippen molar-refractivity contribution >= 4 is 34.7 Å². The Balaban J connectivity index is 2.33. The number of ether oxygens (including phenoxy) is 4. The van der Waals surface area contributed by atoms with Gasteiger partial charge in [0, 0.05) is 16.8 Å². The van der Waals surface area contributed by atoms with Gasteiger partial charge in [-0.1, -0.05) is 49.7 Å². The molecule has 0 saturated carbocycles. The average Bonchev–Trinajstić information content (AvgIpc) is 2.61. The smallest absolute Gasteiger partial charge is 0.434 e. The highest BCUT2D eigenvalue weighted by molar-refractivity contribution is 6.33. The summed E-state index contributed by atoms with van der Waals surface area (Å²) in [5.74, 6) is 0.364. The van der Waals surface area contributed by atoms with E-state index in [4.69, 9.17) is 30.5 Å². The van der Waals surface area contributed by atoms with E-state index in [1.807, 2.05) is 13.8 Å². The molecule has 0 bridgehead atoms. The molecule has 25 heavy (non-hydrogen) atoms. The fraction of sp³-hybridized carbons (Fsp3) is 0.333. The van der Waals surface area contributed by atoms with Crippen molar-refractivity contribution in [2.45, 2.75) is 26.7 Å². The molecule has 6 nitrogen and oxygen atoms in total. The van der Waals surface area contributed by atoms with Crippen molar-refractivity contribution in [2.75, 3.05) is 13.2 Å². The maximum Gasteiger partial charge on any atom is 0.513 e. The molecule has 0 spiro atoms. The van der Waals surface area contributed by atoms with Crippen LogP contribution in [0.3, 0.4) is 0 Å². The van der Waals surface area contributed by atoms with E-state index >= 15 is 0 Å². The molecule has 7 heteroatoms. The molecule has 0 saturated heterocycles. The van der Waals surface area contributed by atoms with Crippen LogP contribution in [0.2, 0.25) is 5.02 Å². The van der Waals surface area contributed by atoms with E-state index in [9.17, 15) is 9.59 Å². The van der Waals surface area contributed by atoms with Gasteiger partial charge in [0.15, 0.2) is 5.75 Å². The first-order valence-electron chi connectivity index (χ1n) is 7.97. The molecule has 0 aromatic heterocycles. The first-order chi connectivity index (χ1) is 12.1. The fourth-order valence-electron chi connectivity index (χ4n) is 2.07. The zero-order valence-corrected chi connectivity index (χ0v) is 14.8. The SMILES string of the molecule is CCCOC(=O)Oc1cc(Cl)c(OC(=O)OCCC)c2ccccc12. The van der Waals surface area contributed by atoms with E-state index in [1.54, 1.807) is 24.3 Å². The van der Waals surface area contributed by atoms with Crippen LogP contribution in [-0.4, -0.2) is 25.5 Å². The largest absolute Gasteiger partial charge is 0.513 e. The van der Waals surface area contributed by atoms with Gasteiger partial charge < -0.3 is 18.9 Å². The van der Waals surface area contributed by atoms with Gasteiger partial charge in [0.1, 0.15) is 5.75 Å². The third-order valence-corrected chi connectivity index (χ3v) is 3.42. The van der Waals surface area contributed by atoms with Gasteiger partial charge in [-0.05, 0) is 12.8 Å². The predicted octanol–water partition coefficient (Wildman–Crippen LogP) is 5.34. The maximum atomic E-state index is 11.7. The molecule has 2 rings (SSSR count). The summed E-state index contributed by atoms with van der Waals surface area (Å²) in [4.78, 5) is 23.5. The van der Waals surface area contributed by atoms with Gasteiger partial charge in [-0.2, -0.15) is 0 Å². The van der Waals surface area contributed by atoms with Crippen LogP contribution in [0.5, 0.6) is 11.5 Å². The molecule has 0 aliphatic rings. The minimum absolute atomic E-state index is 0.116. The Hall–Kier alpha value is -2.47. The Labute approximate surface area is 150 Å². The molecule has 0 radical (unpaired) electrons. The van der Waals surface area contributed by atoms with E-state index in [0.29, 0.717) is 23.6 Å². The number of fused-ring (bicyclic) bond motifs is 1. The first kappa shape index (κ1) is 18.9. The van der Waals surface area contributed by atoms with Gasteiger partial charge in [-0.3, -0.25) is 0 Å². The van der Waals surface area contributed by atoms with Crippen molar-refractivity contribution in [3.63, 3.8) is 0 Å². The molecule has 134 valence electrons. The van der Waals surface area contributed by atoms with Gasteiger partial charge in [0.2, 0.25) is 0 Å². The molecular formula is C18H19ClO6. The number of hydrogen-bond donors (Lipinski definition) is 0. The second kappa shape index (κ2) is 9.13. The summed E-state index contributed by atoms with van der Waals surface area (Å²) in [6.45, 7) is 4.26. The van der Waals surface area contributed by atoms with Gasteiger partial charge in [0.05, 0.1) is 18.2 Å². The monoisotopic (exact) mass is 366 g/mol. The van der Waals surface area contributed by atoms with Crippen LogP contribution < -0.4 is 9.47 Å². The van der Waals surface area contributed by atoms with Crippen LogP contribution in [0.25, 0.3) is 10.8 Å². The molecule has 0 N–H and O–H groups in total. The summed E-state index contributed by atoms with van der Waals surface area (Å²) in [6.07, 6.45) is -0.302. The topological polar surface area (TPSA) is 71.1 Å². The van der Waals surface area contributed by atoms with Crippen molar-refractivity contribution in [3.8, 4) is 11.5 Å². The van der Waals surface area contributed by atoms with Crippen molar-refractivity contribution in [1.82, 2.24) is 0 Å². The molecule has 0 amide bonds. The standard InChI is InChI=1S/C18H19ClO6/c1-3-9-22-17(20)24-15-11-14(19)16(25-18(21)23-10-4-2)13-8-6-5-7-12(13)15/h5-8,11H,3-4,9-10H2,1-2H3. The molecule has 2 aromatic rings. The van der Waals surface area contributed by atoms with E-state index in [1.165, 1.54) is 6.07 Å². The highest BCUT2D eigenvalue weighted by Crippen LogP contribution is 2.40. The highest BCUT2D eigenvalue weighted by Gasteiger charge is 2.18. The molecule has 0 atom stereocenters. The average molecular weight is 367 g/mol. The molecule has 0 aliphatic heterocycles. The summed E-state index contributed by atoms with van der Waals surface area (Å²) in [5, 5.41) is 1.19. The lowest BCUT2D eigenvalue weighted by atomic mass is 10.1. The van der Waals surface area contributed by atoms with Crippen LogP contribution in [0.1, 0.15) is 26.7 Å². The van der Waals surface area contributed by atoms with Crippen molar-refractivity contribution < 1.29 is 28.5 Å². The van der Waals surface area contributed by atoms with Crippen molar-refractivity contribution in [1.29, 1.82) is 0 Å². The molecule has 2 aromatic carbocycles. The summed E-state index contributed by atoms with van der Waals surface area (Å²) in [5.41, 5.74) is 0. The summed E-state index contributed by atoms with van der Waals surface area (Å²) >= 11 is 6.21. The lowest BCUT2D eigenvalue weighted by Gasteiger charge is -2.13. The summed E-state index contributed by atoms with van der Waals surface area (Å²) in [7, 11) is 0. The minimum Gasteiger partial charge on any atom is -0.434 e. The Bertz CT molecular complexity index is 759. The second-order valence-electron chi connectivity index (χ2n) is 5.13. The number of hydrogen-bond acceptors (Lipinski definition) is 6. The Kier molecular flexibility index (Phi) is 6.89. The third-order valence-electron chi connectivity index (χ3n) is 3.14. The second-order valence-corrected chi connectivity index (χ2v) is 5.54. The van der Waals surface area contributed by atoms with E-state index in [0.717, 1.165) is 0 Å². The summed E-state index contributed by atoms with van der Waals surface area (Å²) in [6, 6.07) is 8.34. The van der Waals surface area contributed by atoms with Gasteiger partial charge in [-0.25, -0.2) is 9.59 Å². The van der Waals surface area contributed by atoms with Crippen LogP contribution in [0, 0.1) is 0 Å². The van der Waals surface area contributed by atoms with Crippen molar-refractivity contribution in [2.24, 2.45) is 0 Å². The first-order valence-corrected chi connectivity index (χ1v) is 8.35. The fourth-order valence-corrected chi connectivity index (χ4v) is 2.31. The molecule has 0 aliphatic carbocycles.